The summed E-state index contributed by atoms with van der Waals surface area (Å²) in [4.78, 5) is 13.8. The molecule has 0 spiro atoms. The number of benzene rings is 1. The van der Waals surface area contributed by atoms with Gasteiger partial charge in [-0.1, -0.05) is 23.7 Å². The monoisotopic (exact) mass is 281 g/mol. The van der Waals surface area contributed by atoms with Crippen LogP contribution in [0.5, 0.6) is 0 Å². The van der Waals surface area contributed by atoms with Gasteiger partial charge >= 0.3 is 5.97 Å². The number of cyclic esters (lactones) is 1. The Hall–Kier alpha value is -1.10. The zero-order chi connectivity index (χ0) is 13.2. The van der Waals surface area contributed by atoms with E-state index in [1.165, 1.54) is 0 Å². The molecule has 2 saturated heterocycles. The van der Waals surface area contributed by atoms with Gasteiger partial charge in [-0.25, -0.2) is 0 Å². The van der Waals surface area contributed by atoms with Crippen molar-refractivity contribution in [1.82, 2.24) is 4.90 Å². The first kappa shape index (κ1) is 12.9. The fourth-order valence-electron chi connectivity index (χ4n) is 2.65. The number of halogens is 1. The average Bonchev–Trinajstić information content (AvgIpc) is 2.86. The zero-order valence-electron chi connectivity index (χ0n) is 10.5. The maximum atomic E-state index is 11.6. The topological polar surface area (TPSA) is 38.8 Å². The molecule has 0 amide bonds. The molecule has 5 heteroatoms. The molecule has 0 saturated carbocycles. The van der Waals surface area contributed by atoms with Crippen molar-refractivity contribution in [2.45, 2.75) is 18.6 Å². The first-order valence-corrected chi connectivity index (χ1v) is 6.89. The van der Waals surface area contributed by atoms with Crippen molar-refractivity contribution < 1.29 is 14.3 Å². The summed E-state index contributed by atoms with van der Waals surface area (Å²) in [5.74, 6) is -0.100. The van der Waals surface area contributed by atoms with Crippen molar-refractivity contribution in [3.63, 3.8) is 0 Å². The lowest BCUT2D eigenvalue weighted by atomic mass is 10.1. The van der Waals surface area contributed by atoms with Gasteiger partial charge in [0.15, 0.2) is 0 Å². The lowest BCUT2D eigenvalue weighted by Crippen LogP contribution is -2.46. The molecule has 19 heavy (non-hydrogen) atoms. The second kappa shape index (κ2) is 5.49. The number of hydrogen-bond donors (Lipinski definition) is 0. The number of carbonyl (C=O) groups excluding carboxylic acids is 1. The van der Waals surface area contributed by atoms with Crippen LogP contribution < -0.4 is 0 Å². The van der Waals surface area contributed by atoms with Gasteiger partial charge in [0, 0.05) is 24.5 Å². The highest BCUT2D eigenvalue weighted by atomic mass is 35.5. The third-order valence-corrected chi connectivity index (χ3v) is 3.94. The molecule has 4 nitrogen and oxygen atoms in total. The first-order chi connectivity index (χ1) is 9.24. The third kappa shape index (κ3) is 2.76. The van der Waals surface area contributed by atoms with E-state index in [0.717, 1.165) is 30.1 Å². The predicted octanol–water partition coefficient (Wildman–Crippen LogP) is 2.03. The second-order valence-electron chi connectivity index (χ2n) is 4.88. The number of ether oxygens (including phenoxy) is 2. The van der Waals surface area contributed by atoms with Crippen LogP contribution in [0.1, 0.15) is 18.1 Å². The van der Waals surface area contributed by atoms with Crippen LogP contribution in [0, 0.1) is 0 Å². The Morgan fingerprint density at radius 1 is 1.21 bits per heavy atom. The van der Waals surface area contributed by atoms with Gasteiger partial charge in [0.2, 0.25) is 0 Å². The van der Waals surface area contributed by atoms with E-state index in [-0.39, 0.29) is 18.1 Å². The number of rotatable bonds is 2. The lowest BCUT2D eigenvalue weighted by molar-refractivity contribution is -0.144. The maximum Gasteiger partial charge on any atom is 0.323 e. The number of carbonyl (C=O) groups is 1. The highest BCUT2D eigenvalue weighted by molar-refractivity contribution is 6.30. The molecule has 2 unspecified atom stereocenters. The Balaban J connectivity index is 1.71. The fourth-order valence-corrected chi connectivity index (χ4v) is 2.77. The molecular formula is C14H16ClNO3. The van der Waals surface area contributed by atoms with Crippen molar-refractivity contribution in [2.75, 3.05) is 26.3 Å². The van der Waals surface area contributed by atoms with E-state index in [9.17, 15) is 4.79 Å². The predicted molar refractivity (Wildman–Crippen MR) is 71.1 cm³/mol. The van der Waals surface area contributed by atoms with Crippen molar-refractivity contribution >= 4 is 17.6 Å². The van der Waals surface area contributed by atoms with Crippen LogP contribution in [-0.2, 0) is 14.3 Å². The highest BCUT2D eigenvalue weighted by Crippen LogP contribution is 2.26. The number of morpholine rings is 1. The van der Waals surface area contributed by atoms with Crippen LogP contribution in [0.3, 0.4) is 0 Å². The maximum absolute atomic E-state index is 11.6. The third-order valence-electron chi connectivity index (χ3n) is 3.69. The van der Waals surface area contributed by atoms with E-state index in [4.69, 9.17) is 21.1 Å². The number of esters is 1. The molecule has 2 fully saturated rings. The number of nitrogens with zero attached hydrogens (tertiary/aromatic N) is 1. The summed E-state index contributed by atoms with van der Waals surface area (Å²) in [6, 6.07) is 7.58. The van der Waals surface area contributed by atoms with Gasteiger partial charge in [-0.15, -0.1) is 0 Å². The SMILES string of the molecule is O=C1OCCC1N1CCOC(c2ccc(Cl)cc2)C1. The van der Waals surface area contributed by atoms with Crippen LogP contribution in [0.25, 0.3) is 0 Å². The molecule has 0 radical (unpaired) electrons. The Bertz CT molecular complexity index is 462. The highest BCUT2D eigenvalue weighted by Gasteiger charge is 2.35. The Morgan fingerprint density at radius 2 is 2.00 bits per heavy atom. The molecule has 0 aliphatic carbocycles. The molecule has 2 atom stereocenters. The standard InChI is InChI=1S/C14H16ClNO3/c15-11-3-1-10(2-4-11)13-9-16(6-8-18-13)12-5-7-19-14(12)17/h1-4,12-13H,5-9H2. The van der Waals surface area contributed by atoms with Crippen molar-refractivity contribution in [3.05, 3.63) is 34.9 Å². The summed E-state index contributed by atoms with van der Waals surface area (Å²) in [6.07, 6.45) is 0.783. The molecule has 0 bridgehead atoms. The minimum atomic E-state index is -0.100. The molecule has 2 heterocycles. The molecule has 2 aliphatic rings. The lowest BCUT2D eigenvalue weighted by Gasteiger charge is -2.35. The average molecular weight is 282 g/mol. The molecule has 2 aliphatic heterocycles. The normalized spacial score (nSPS) is 28.4. The minimum absolute atomic E-state index is 0.000540. The summed E-state index contributed by atoms with van der Waals surface area (Å²) < 4.78 is 10.8. The molecule has 102 valence electrons. The smallest absolute Gasteiger partial charge is 0.323 e. The minimum Gasteiger partial charge on any atom is -0.464 e. The van der Waals surface area contributed by atoms with Crippen LogP contribution in [0.15, 0.2) is 24.3 Å². The van der Waals surface area contributed by atoms with E-state index in [2.05, 4.69) is 4.90 Å². The molecule has 1 aromatic carbocycles. The summed E-state index contributed by atoms with van der Waals surface area (Å²) in [6.45, 7) is 2.68. The van der Waals surface area contributed by atoms with E-state index < -0.39 is 0 Å². The Kier molecular flexibility index (Phi) is 3.73. The summed E-state index contributed by atoms with van der Waals surface area (Å²) >= 11 is 5.89. The van der Waals surface area contributed by atoms with E-state index in [1.54, 1.807) is 0 Å². The second-order valence-corrected chi connectivity index (χ2v) is 5.31. The quantitative estimate of drug-likeness (QED) is 0.778. The van der Waals surface area contributed by atoms with Gasteiger partial charge in [-0.3, -0.25) is 9.69 Å². The molecule has 0 aromatic heterocycles. The molecular weight excluding hydrogens is 266 g/mol. The van der Waals surface area contributed by atoms with Gasteiger partial charge < -0.3 is 9.47 Å². The van der Waals surface area contributed by atoms with Gasteiger partial charge in [-0.05, 0) is 17.7 Å². The van der Waals surface area contributed by atoms with Crippen LogP contribution in [0.4, 0.5) is 0 Å². The van der Waals surface area contributed by atoms with Gasteiger partial charge in [0.25, 0.3) is 0 Å². The van der Waals surface area contributed by atoms with Crippen molar-refractivity contribution in [3.8, 4) is 0 Å². The Morgan fingerprint density at radius 3 is 2.68 bits per heavy atom. The number of hydrogen-bond acceptors (Lipinski definition) is 4. The van der Waals surface area contributed by atoms with E-state index in [0.29, 0.717) is 13.2 Å². The largest absolute Gasteiger partial charge is 0.464 e. The first-order valence-electron chi connectivity index (χ1n) is 6.52. The van der Waals surface area contributed by atoms with E-state index in [1.807, 2.05) is 24.3 Å². The molecule has 1 aromatic rings. The Labute approximate surface area is 117 Å². The molecule has 0 N–H and O–H groups in total. The van der Waals surface area contributed by atoms with Crippen LogP contribution in [-0.4, -0.2) is 43.2 Å². The van der Waals surface area contributed by atoms with Gasteiger partial charge in [-0.2, -0.15) is 0 Å². The van der Waals surface area contributed by atoms with Crippen LogP contribution >= 0.6 is 11.6 Å². The van der Waals surface area contributed by atoms with E-state index >= 15 is 0 Å². The zero-order valence-corrected chi connectivity index (χ0v) is 11.3. The van der Waals surface area contributed by atoms with Crippen LogP contribution in [0.2, 0.25) is 5.02 Å². The van der Waals surface area contributed by atoms with Crippen molar-refractivity contribution in [1.29, 1.82) is 0 Å². The summed E-state index contributed by atoms with van der Waals surface area (Å²) in [5, 5.41) is 0.718. The summed E-state index contributed by atoms with van der Waals surface area (Å²) in [5.41, 5.74) is 1.10. The summed E-state index contributed by atoms with van der Waals surface area (Å²) in [7, 11) is 0. The van der Waals surface area contributed by atoms with Gasteiger partial charge in [0.1, 0.15) is 6.04 Å². The van der Waals surface area contributed by atoms with Crippen molar-refractivity contribution in [2.24, 2.45) is 0 Å². The van der Waals surface area contributed by atoms with Gasteiger partial charge in [0.05, 0.1) is 19.3 Å². The fraction of sp³-hybridized carbons (Fsp3) is 0.500. The molecule has 3 rings (SSSR count).